The number of rotatable bonds is 5. The van der Waals surface area contributed by atoms with Gasteiger partial charge in [-0.1, -0.05) is 24.3 Å². The van der Waals surface area contributed by atoms with Gasteiger partial charge < -0.3 is 14.0 Å². The molecule has 1 fully saturated rings. The van der Waals surface area contributed by atoms with Crippen LogP contribution in [0.2, 0.25) is 0 Å². The van der Waals surface area contributed by atoms with Gasteiger partial charge >= 0.3 is 13.1 Å². The van der Waals surface area contributed by atoms with E-state index in [4.69, 9.17) is 14.0 Å². The van der Waals surface area contributed by atoms with E-state index in [0.29, 0.717) is 6.42 Å². The third-order valence-electron chi connectivity index (χ3n) is 5.04. The summed E-state index contributed by atoms with van der Waals surface area (Å²) in [6.45, 7) is 14.3. The van der Waals surface area contributed by atoms with Crippen LogP contribution in [0.15, 0.2) is 24.3 Å². The number of carbonyl (C=O) groups excluding carboxylic acids is 1. The van der Waals surface area contributed by atoms with Gasteiger partial charge in [-0.25, -0.2) is 0 Å². The molecular weight excluding hydrogens is 329 g/mol. The molecule has 0 aliphatic carbocycles. The lowest BCUT2D eigenvalue weighted by Crippen LogP contribution is -2.49. The molecule has 1 saturated heterocycles. The van der Waals surface area contributed by atoms with Crippen molar-refractivity contribution in [3.05, 3.63) is 29.8 Å². The Bertz CT molecular complexity index is 618. The smallest absolute Gasteiger partial charge is 0.468 e. The molecule has 0 radical (unpaired) electrons. The van der Waals surface area contributed by atoms with Crippen molar-refractivity contribution in [1.82, 2.24) is 5.32 Å². The number of methoxy groups -OCH3 is 1. The van der Waals surface area contributed by atoms with Gasteiger partial charge in [0, 0.05) is 5.54 Å². The van der Waals surface area contributed by atoms with Crippen LogP contribution in [0.3, 0.4) is 0 Å². The Hall–Kier alpha value is -1.37. The number of esters is 1. The molecule has 6 heteroatoms. The van der Waals surface area contributed by atoms with Crippen molar-refractivity contribution in [2.24, 2.45) is 0 Å². The van der Waals surface area contributed by atoms with Crippen LogP contribution in [-0.4, -0.2) is 43.0 Å². The fourth-order valence-electron chi connectivity index (χ4n) is 2.88. The third kappa shape index (κ3) is 4.87. The predicted octanol–water partition coefficient (Wildman–Crippen LogP) is 2.46. The van der Waals surface area contributed by atoms with Crippen molar-refractivity contribution in [1.29, 1.82) is 0 Å². The first-order valence-electron chi connectivity index (χ1n) is 9.15. The Morgan fingerprint density at radius 3 is 2.04 bits per heavy atom. The monoisotopic (exact) mass is 361 g/mol. The van der Waals surface area contributed by atoms with Gasteiger partial charge in [-0.2, -0.15) is 0 Å². The molecule has 5 nitrogen and oxygen atoms in total. The Kier molecular flexibility index (Phi) is 5.91. The van der Waals surface area contributed by atoms with Crippen LogP contribution in [0, 0.1) is 0 Å². The molecule has 1 aliphatic heterocycles. The highest BCUT2D eigenvalue weighted by Gasteiger charge is 2.51. The molecule has 26 heavy (non-hydrogen) atoms. The average Bonchev–Trinajstić information content (AvgIpc) is 2.73. The average molecular weight is 361 g/mol. The molecule has 1 aliphatic rings. The largest absolute Gasteiger partial charge is 0.494 e. The first-order chi connectivity index (χ1) is 11.8. The molecule has 0 amide bonds. The van der Waals surface area contributed by atoms with Crippen LogP contribution in [0.1, 0.15) is 54.0 Å². The predicted molar refractivity (Wildman–Crippen MR) is 105 cm³/mol. The van der Waals surface area contributed by atoms with Crippen molar-refractivity contribution < 1.29 is 18.8 Å². The highest BCUT2D eigenvalue weighted by molar-refractivity contribution is 6.62. The topological polar surface area (TPSA) is 56.8 Å². The van der Waals surface area contributed by atoms with Gasteiger partial charge in [-0.05, 0) is 65.9 Å². The van der Waals surface area contributed by atoms with Crippen LogP contribution in [-0.2, 0) is 25.3 Å². The number of ether oxygens (including phenoxy) is 1. The molecule has 0 bridgehead atoms. The highest BCUT2D eigenvalue weighted by Crippen LogP contribution is 2.36. The maximum absolute atomic E-state index is 12.1. The zero-order valence-electron chi connectivity index (χ0n) is 17.3. The van der Waals surface area contributed by atoms with Gasteiger partial charge in [0.05, 0.1) is 18.3 Å². The summed E-state index contributed by atoms with van der Waals surface area (Å²) in [5.41, 5.74) is 1.14. The van der Waals surface area contributed by atoms with E-state index in [1.807, 2.05) is 72.7 Å². The lowest BCUT2D eigenvalue weighted by molar-refractivity contribution is -0.143. The molecule has 144 valence electrons. The molecule has 1 atom stereocenters. The fourth-order valence-corrected chi connectivity index (χ4v) is 2.88. The second-order valence-corrected chi connectivity index (χ2v) is 9.00. The second kappa shape index (κ2) is 7.33. The molecule has 0 saturated carbocycles. The summed E-state index contributed by atoms with van der Waals surface area (Å²) in [5, 5.41) is 3.32. The molecular formula is C20H32BNO4. The summed E-state index contributed by atoms with van der Waals surface area (Å²) >= 11 is 0. The van der Waals surface area contributed by atoms with Gasteiger partial charge in [0.25, 0.3) is 0 Å². The summed E-state index contributed by atoms with van der Waals surface area (Å²) in [5.74, 6) is -0.255. The molecule has 1 aromatic rings. The molecule has 0 spiro atoms. The van der Waals surface area contributed by atoms with Crippen LogP contribution in [0.5, 0.6) is 0 Å². The Morgan fingerprint density at radius 1 is 1.12 bits per heavy atom. The van der Waals surface area contributed by atoms with Crippen molar-refractivity contribution in [2.45, 2.75) is 77.7 Å². The summed E-state index contributed by atoms with van der Waals surface area (Å²) in [6.07, 6.45) is 0.563. The maximum atomic E-state index is 12.1. The van der Waals surface area contributed by atoms with Crippen molar-refractivity contribution in [3.8, 4) is 0 Å². The standard InChI is InChI=1S/C20H32BNO4/c1-18(2,3)22-16(17(23)24-8)13-14-9-11-15(12-10-14)21-25-19(4,5)20(6,7)26-21/h9-12,16,22H,13H2,1-8H3. The summed E-state index contributed by atoms with van der Waals surface area (Å²) in [4.78, 5) is 12.1. The third-order valence-corrected chi connectivity index (χ3v) is 5.04. The molecule has 1 N–H and O–H groups in total. The van der Waals surface area contributed by atoms with E-state index in [-0.39, 0.29) is 35.9 Å². The van der Waals surface area contributed by atoms with Gasteiger partial charge in [-0.15, -0.1) is 0 Å². The quantitative estimate of drug-likeness (QED) is 0.645. The van der Waals surface area contributed by atoms with E-state index in [1.165, 1.54) is 7.11 Å². The normalized spacial score (nSPS) is 20.1. The van der Waals surface area contributed by atoms with E-state index in [2.05, 4.69) is 5.32 Å². The number of hydrogen-bond acceptors (Lipinski definition) is 5. The zero-order valence-corrected chi connectivity index (χ0v) is 17.3. The fraction of sp³-hybridized carbons (Fsp3) is 0.650. The number of benzene rings is 1. The van der Waals surface area contributed by atoms with Gasteiger partial charge in [-0.3, -0.25) is 10.1 Å². The number of carbonyl (C=O) groups is 1. The molecule has 1 heterocycles. The molecule has 2 rings (SSSR count). The van der Waals surface area contributed by atoms with Crippen LogP contribution in [0.25, 0.3) is 0 Å². The molecule has 0 aromatic heterocycles. The minimum absolute atomic E-state index is 0.179. The van der Waals surface area contributed by atoms with E-state index in [1.54, 1.807) is 0 Å². The van der Waals surface area contributed by atoms with Crippen molar-refractivity contribution in [3.63, 3.8) is 0 Å². The SMILES string of the molecule is COC(=O)C(Cc1ccc(B2OC(C)(C)C(C)(C)O2)cc1)NC(C)(C)C. The van der Waals surface area contributed by atoms with Gasteiger partial charge in [0.1, 0.15) is 6.04 Å². The van der Waals surface area contributed by atoms with Crippen molar-refractivity contribution >= 4 is 18.6 Å². The Balaban J connectivity index is 2.10. The second-order valence-electron chi connectivity index (χ2n) is 9.00. The summed E-state index contributed by atoms with van der Waals surface area (Å²) in [7, 11) is 1.04. The molecule has 1 unspecified atom stereocenters. The van der Waals surface area contributed by atoms with Crippen LogP contribution in [0.4, 0.5) is 0 Å². The summed E-state index contributed by atoms with van der Waals surface area (Å²) in [6, 6.07) is 7.65. The summed E-state index contributed by atoms with van der Waals surface area (Å²) < 4.78 is 17.1. The maximum Gasteiger partial charge on any atom is 0.494 e. The minimum Gasteiger partial charge on any atom is -0.468 e. The highest BCUT2D eigenvalue weighted by atomic mass is 16.7. The molecule has 1 aromatic carbocycles. The van der Waals surface area contributed by atoms with E-state index in [9.17, 15) is 4.79 Å². The Morgan fingerprint density at radius 2 is 1.62 bits per heavy atom. The minimum atomic E-state index is -0.386. The Labute approximate surface area is 157 Å². The first-order valence-corrected chi connectivity index (χ1v) is 9.15. The lowest BCUT2D eigenvalue weighted by atomic mass is 9.78. The van der Waals surface area contributed by atoms with Crippen molar-refractivity contribution in [2.75, 3.05) is 7.11 Å². The van der Waals surface area contributed by atoms with E-state index in [0.717, 1.165) is 11.0 Å². The zero-order chi connectivity index (χ0) is 19.8. The number of nitrogens with one attached hydrogen (secondary N) is 1. The van der Waals surface area contributed by atoms with E-state index >= 15 is 0 Å². The van der Waals surface area contributed by atoms with Crippen LogP contribution >= 0.6 is 0 Å². The number of hydrogen-bond donors (Lipinski definition) is 1. The van der Waals surface area contributed by atoms with Crippen LogP contribution < -0.4 is 10.8 Å². The van der Waals surface area contributed by atoms with Gasteiger partial charge in [0.2, 0.25) is 0 Å². The van der Waals surface area contributed by atoms with E-state index < -0.39 is 0 Å². The first kappa shape index (κ1) is 20.9. The van der Waals surface area contributed by atoms with Gasteiger partial charge in [0.15, 0.2) is 0 Å². The lowest BCUT2D eigenvalue weighted by Gasteiger charge is -2.32.